The third-order valence-electron chi connectivity index (χ3n) is 3.38. The molecule has 1 amide bonds. The molecular weight excluding hydrogens is 318 g/mol. The maximum absolute atomic E-state index is 12.1. The number of nitrogens with one attached hydrogen (secondary N) is 3. The molecule has 25 heavy (non-hydrogen) atoms. The summed E-state index contributed by atoms with van der Waals surface area (Å²) in [5.74, 6) is 0.997. The fraction of sp³-hybridized carbons (Fsp3) is 0.0588. The van der Waals surface area contributed by atoms with Crippen molar-refractivity contribution in [2.24, 2.45) is 0 Å². The Bertz CT molecular complexity index is 883. The van der Waals surface area contributed by atoms with Gasteiger partial charge in [0.2, 0.25) is 0 Å². The van der Waals surface area contributed by atoms with E-state index in [4.69, 9.17) is 5.73 Å². The van der Waals surface area contributed by atoms with Crippen molar-refractivity contribution in [3.63, 3.8) is 0 Å². The van der Waals surface area contributed by atoms with Crippen LogP contribution in [0.15, 0.2) is 55.0 Å². The van der Waals surface area contributed by atoms with Crippen molar-refractivity contribution >= 4 is 29.0 Å². The summed E-state index contributed by atoms with van der Waals surface area (Å²) in [6.45, 7) is 1.96. The zero-order valence-corrected chi connectivity index (χ0v) is 13.5. The highest BCUT2D eigenvalue weighted by Gasteiger charge is 2.10. The lowest BCUT2D eigenvalue weighted by molar-refractivity contribution is 0.0962. The number of carbonyl (C=O) groups is 1. The quantitative estimate of drug-likeness (QED) is 0.528. The third kappa shape index (κ3) is 3.99. The summed E-state index contributed by atoms with van der Waals surface area (Å²) in [5, 5.41) is 3.03. The predicted molar refractivity (Wildman–Crippen MR) is 96.2 cm³/mol. The number of benzene rings is 1. The molecule has 0 bridgehead atoms. The first kappa shape index (κ1) is 16.2. The predicted octanol–water partition coefficient (Wildman–Crippen LogP) is 2.26. The van der Waals surface area contributed by atoms with Crippen LogP contribution in [-0.4, -0.2) is 20.9 Å². The van der Waals surface area contributed by atoms with Crippen molar-refractivity contribution in [2.45, 2.75) is 6.92 Å². The number of hydrazine groups is 1. The molecule has 2 aromatic heterocycles. The van der Waals surface area contributed by atoms with Gasteiger partial charge in [0.15, 0.2) is 11.6 Å². The Kier molecular flexibility index (Phi) is 4.70. The summed E-state index contributed by atoms with van der Waals surface area (Å²) in [5.41, 5.74) is 13.2. The molecule has 0 fully saturated rings. The van der Waals surface area contributed by atoms with Gasteiger partial charge in [0, 0.05) is 11.8 Å². The molecule has 8 nitrogen and oxygen atoms in total. The summed E-state index contributed by atoms with van der Waals surface area (Å²) < 4.78 is 0. The summed E-state index contributed by atoms with van der Waals surface area (Å²) in [7, 11) is 0. The first-order valence-corrected chi connectivity index (χ1v) is 7.55. The van der Waals surface area contributed by atoms with Gasteiger partial charge in [-0.2, -0.15) is 0 Å². The van der Waals surface area contributed by atoms with Crippen LogP contribution in [0.5, 0.6) is 0 Å². The summed E-state index contributed by atoms with van der Waals surface area (Å²) in [6.07, 6.45) is 3.03. The number of amides is 1. The maximum Gasteiger partial charge on any atom is 0.269 e. The molecule has 0 aliphatic carbocycles. The number of nitrogen functional groups attached to an aromatic ring is 1. The lowest BCUT2D eigenvalue weighted by Gasteiger charge is -2.13. The summed E-state index contributed by atoms with van der Waals surface area (Å²) in [4.78, 5) is 24.4. The molecule has 3 aromatic rings. The van der Waals surface area contributed by atoms with Gasteiger partial charge < -0.3 is 11.1 Å². The van der Waals surface area contributed by atoms with Gasteiger partial charge in [-0.05, 0) is 36.8 Å². The first-order chi connectivity index (χ1) is 12.1. The number of aromatic nitrogens is 3. The summed E-state index contributed by atoms with van der Waals surface area (Å²) in [6, 6.07) is 12.6. The zero-order valence-electron chi connectivity index (χ0n) is 13.5. The van der Waals surface area contributed by atoms with Gasteiger partial charge in [0.05, 0.1) is 0 Å². The number of aryl methyl sites for hydroxylation is 1. The van der Waals surface area contributed by atoms with Crippen LogP contribution in [0, 0.1) is 6.92 Å². The normalized spacial score (nSPS) is 10.1. The monoisotopic (exact) mass is 335 g/mol. The van der Waals surface area contributed by atoms with Gasteiger partial charge >= 0.3 is 0 Å². The SMILES string of the molecule is Cc1ccnc(Nc2ncnc(NNC(=O)c3ccccc3)c2N)c1. The van der Waals surface area contributed by atoms with E-state index in [1.807, 2.05) is 25.1 Å². The Hall–Kier alpha value is -3.68. The Morgan fingerprint density at radius 2 is 1.80 bits per heavy atom. The van der Waals surface area contributed by atoms with E-state index in [0.29, 0.717) is 17.2 Å². The smallest absolute Gasteiger partial charge is 0.269 e. The van der Waals surface area contributed by atoms with Crippen LogP contribution >= 0.6 is 0 Å². The topological polar surface area (TPSA) is 118 Å². The second-order valence-corrected chi connectivity index (χ2v) is 5.27. The van der Waals surface area contributed by atoms with E-state index in [2.05, 4.69) is 31.1 Å². The van der Waals surface area contributed by atoms with Gasteiger partial charge in [0.1, 0.15) is 17.8 Å². The van der Waals surface area contributed by atoms with Crippen LogP contribution in [0.2, 0.25) is 0 Å². The molecule has 0 spiro atoms. The van der Waals surface area contributed by atoms with Crippen LogP contribution in [0.1, 0.15) is 15.9 Å². The van der Waals surface area contributed by atoms with Gasteiger partial charge in [-0.3, -0.25) is 15.6 Å². The van der Waals surface area contributed by atoms with E-state index < -0.39 is 0 Å². The molecule has 0 saturated carbocycles. The first-order valence-electron chi connectivity index (χ1n) is 7.55. The van der Waals surface area contributed by atoms with Gasteiger partial charge in [-0.25, -0.2) is 15.0 Å². The van der Waals surface area contributed by atoms with Crippen molar-refractivity contribution in [2.75, 3.05) is 16.5 Å². The molecule has 8 heteroatoms. The fourth-order valence-electron chi connectivity index (χ4n) is 2.10. The lowest BCUT2D eigenvalue weighted by Crippen LogP contribution is -2.30. The second-order valence-electron chi connectivity index (χ2n) is 5.27. The minimum atomic E-state index is -0.298. The number of nitrogens with two attached hydrogens (primary N) is 1. The van der Waals surface area contributed by atoms with Crippen molar-refractivity contribution in [3.8, 4) is 0 Å². The Balaban J connectivity index is 1.72. The van der Waals surface area contributed by atoms with Crippen LogP contribution in [0.4, 0.5) is 23.1 Å². The molecular formula is C17H17N7O. The zero-order chi connectivity index (χ0) is 17.6. The van der Waals surface area contributed by atoms with Crippen LogP contribution < -0.4 is 21.9 Å². The van der Waals surface area contributed by atoms with Crippen molar-refractivity contribution in [3.05, 3.63) is 66.1 Å². The number of anilines is 4. The minimum Gasteiger partial charge on any atom is -0.393 e. The number of rotatable bonds is 5. The minimum absolute atomic E-state index is 0.263. The average Bonchev–Trinajstić information content (AvgIpc) is 2.63. The highest BCUT2D eigenvalue weighted by molar-refractivity contribution is 5.95. The van der Waals surface area contributed by atoms with Gasteiger partial charge in [-0.1, -0.05) is 18.2 Å². The molecule has 0 radical (unpaired) electrons. The highest BCUT2D eigenvalue weighted by atomic mass is 16.2. The van der Waals surface area contributed by atoms with Gasteiger partial charge in [0.25, 0.3) is 5.91 Å². The molecule has 0 unspecified atom stereocenters. The van der Waals surface area contributed by atoms with E-state index in [0.717, 1.165) is 5.56 Å². The number of hydrogen-bond donors (Lipinski definition) is 4. The maximum atomic E-state index is 12.1. The fourth-order valence-corrected chi connectivity index (χ4v) is 2.10. The van der Waals surface area contributed by atoms with Crippen LogP contribution in [-0.2, 0) is 0 Å². The van der Waals surface area contributed by atoms with Crippen LogP contribution in [0.3, 0.4) is 0 Å². The largest absolute Gasteiger partial charge is 0.393 e. The van der Waals surface area contributed by atoms with Crippen LogP contribution in [0.25, 0.3) is 0 Å². The molecule has 0 atom stereocenters. The summed E-state index contributed by atoms with van der Waals surface area (Å²) >= 11 is 0. The molecule has 2 heterocycles. The van der Waals surface area contributed by atoms with Crippen molar-refractivity contribution in [1.29, 1.82) is 0 Å². The van der Waals surface area contributed by atoms with E-state index in [9.17, 15) is 4.79 Å². The van der Waals surface area contributed by atoms with Gasteiger partial charge in [-0.15, -0.1) is 0 Å². The van der Waals surface area contributed by atoms with E-state index in [-0.39, 0.29) is 17.4 Å². The highest BCUT2D eigenvalue weighted by Crippen LogP contribution is 2.24. The Morgan fingerprint density at radius 1 is 1.04 bits per heavy atom. The second kappa shape index (κ2) is 7.26. The lowest BCUT2D eigenvalue weighted by atomic mass is 10.2. The Morgan fingerprint density at radius 3 is 2.56 bits per heavy atom. The molecule has 5 N–H and O–H groups in total. The molecule has 3 rings (SSSR count). The van der Waals surface area contributed by atoms with Crippen molar-refractivity contribution < 1.29 is 4.79 Å². The number of nitrogens with zero attached hydrogens (tertiary/aromatic N) is 3. The molecule has 1 aromatic carbocycles. The molecule has 0 aliphatic heterocycles. The molecule has 0 saturated heterocycles. The number of pyridine rings is 1. The molecule has 0 aliphatic rings. The third-order valence-corrected chi connectivity index (χ3v) is 3.38. The number of carbonyl (C=O) groups excluding carboxylic acids is 1. The standard InChI is InChI=1S/C17H17N7O/c1-11-7-8-19-13(9-11)22-15-14(18)16(21-10-20-15)23-24-17(25)12-5-3-2-4-6-12/h2-10H,18H2,1H3,(H,24,25)(H2,19,20,21,22,23). The molecule has 126 valence electrons. The average molecular weight is 335 g/mol. The van der Waals surface area contributed by atoms with E-state index >= 15 is 0 Å². The van der Waals surface area contributed by atoms with E-state index in [1.54, 1.807) is 30.5 Å². The number of hydrogen-bond acceptors (Lipinski definition) is 7. The van der Waals surface area contributed by atoms with E-state index in [1.165, 1.54) is 6.33 Å². The van der Waals surface area contributed by atoms with Crippen molar-refractivity contribution in [1.82, 2.24) is 20.4 Å². The Labute approximate surface area is 144 Å².